The van der Waals surface area contributed by atoms with Crippen molar-refractivity contribution in [3.05, 3.63) is 249 Å². The van der Waals surface area contributed by atoms with E-state index in [1.165, 1.54) is 86.9 Å². The van der Waals surface area contributed by atoms with Gasteiger partial charge in [0.05, 0.1) is 0 Å². The Labute approximate surface area is 367 Å². The molecule has 2 heteroatoms. The number of hydrogen-bond donors (Lipinski definition) is 0. The fraction of sp³-hybridized carbons (Fsp3) is 0. The average molecular weight is 808 g/mol. The van der Waals surface area contributed by atoms with Crippen LogP contribution in [0.4, 0.5) is 17.1 Å². The highest BCUT2D eigenvalue weighted by atomic mass is 32.1. The van der Waals surface area contributed by atoms with Crippen molar-refractivity contribution < 1.29 is 0 Å². The fourth-order valence-electron chi connectivity index (χ4n) is 8.62. The van der Waals surface area contributed by atoms with Gasteiger partial charge in [-0.3, -0.25) is 0 Å². The predicted octanol–water partition coefficient (Wildman–Crippen LogP) is 17.5. The number of anilines is 3. The van der Waals surface area contributed by atoms with Crippen LogP contribution in [-0.2, 0) is 0 Å². The molecule has 0 N–H and O–H groups in total. The summed E-state index contributed by atoms with van der Waals surface area (Å²) in [6.07, 6.45) is 0. The summed E-state index contributed by atoms with van der Waals surface area (Å²) in [6.45, 7) is 0. The minimum Gasteiger partial charge on any atom is -0.311 e. The zero-order valence-corrected chi connectivity index (χ0v) is 34.8. The maximum Gasteiger partial charge on any atom is 0.0462 e. The lowest BCUT2D eigenvalue weighted by atomic mass is 9.96. The molecule has 0 aliphatic carbocycles. The molecule has 0 bridgehead atoms. The van der Waals surface area contributed by atoms with Gasteiger partial charge >= 0.3 is 0 Å². The van der Waals surface area contributed by atoms with Crippen LogP contribution in [0.3, 0.4) is 0 Å². The predicted molar refractivity (Wildman–Crippen MR) is 267 cm³/mol. The minimum absolute atomic E-state index is 1.10. The van der Waals surface area contributed by atoms with Crippen LogP contribution in [0.15, 0.2) is 249 Å². The molecule has 0 spiro atoms. The minimum atomic E-state index is 1.10. The quantitative estimate of drug-likeness (QED) is 0.140. The molecule has 0 aliphatic rings. The first kappa shape index (κ1) is 37.2. The second-order valence-electron chi connectivity index (χ2n) is 15.8. The van der Waals surface area contributed by atoms with Gasteiger partial charge in [0.15, 0.2) is 0 Å². The van der Waals surface area contributed by atoms with Gasteiger partial charge in [-0.1, -0.05) is 182 Å². The fourth-order valence-corrected chi connectivity index (χ4v) is 9.68. The number of nitrogens with zero attached hydrogens (tertiary/aromatic N) is 1. The molecule has 62 heavy (non-hydrogen) atoms. The Bertz CT molecular complexity index is 3200. The Kier molecular flexibility index (Phi) is 9.82. The van der Waals surface area contributed by atoms with E-state index in [9.17, 15) is 0 Å². The van der Waals surface area contributed by atoms with E-state index in [1.54, 1.807) is 0 Å². The smallest absolute Gasteiger partial charge is 0.0462 e. The van der Waals surface area contributed by atoms with Gasteiger partial charge in [-0.2, -0.15) is 0 Å². The average Bonchev–Trinajstić information content (AvgIpc) is 3.73. The van der Waals surface area contributed by atoms with E-state index in [4.69, 9.17) is 0 Å². The Hall–Kier alpha value is -7.78. The molecule has 0 fully saturated rings. The van der Waals surface area contributed by atoms with Crippen LogP contribution in [0, 0.1) is 0 Å². The maximum atomic E-state index is 2.37. The van der Waals surface area contributed by atoms with Crippen LogP contribution in [0.1, 0.15) is 0 Å². The highest BCUT2D eigenvalue weighted by molar-refractivity contribution is 7.25. The van der Waals surface area contributed by atoms with Crippen molar-refractivity contribution in [3.63, 3.8) is 0 Å². The maximum absolute atomic E-state index is 2.37. The molecule has 1 aromatic heterocycles. The molecular weight excluding hydrogens is 767 g/mol. The molecule has 11 aromatic rings. The third-order valence-electron chi connectivity index (χ3n) is 11.9. The molecule has 0 saturated heterocycles. The van der Waals surface area contributed by atoms with Gasteiger partial charge in [0.1, 0.15) is 0 Å². The zero-order chi connectivity index (χ0) is 41.2. The largest absolute Gasteiger partial charge is 0.311 e. The molecule has 1 nitrogen and oxygen atoms in total. The molecule has 0 atom stereocenters. The van der Waals surface area contributed by atoms with Gasteiger partial charge in [-0.05, 0) is 133 Å². The summed E-state index contributed by atoms with van der Waals surface area (Å²) in [4.78, 5) is 2.34. The van der Waals surface area contributed by atoms with E-state index in [0.717, 1.165) is 17.1 Å². The summed E-state index contributed by atoms with van der Waals surface area (Å²) in [7, 11) is 0. The lowest BCUT2D eigenvalue weighted by Crippen LogP contribution is -2.09. The summed E-state index contributed by atoms with van der Waals surface area (Å²) < 4.78 is 2.64. The molecule has 292 valence electrons. The van der Waals surface area contributed by atoms with Gasteiger partial charge in [0.25, 0.3) is 0 Å². The number of benzene rings is 10. The van der Waals surface area contributed by atoms with Crippen LogP contribution in [-0.4, -0.2) is 0 Å². The van der Waals surface area contributed by atoms with Crippen molar-refractivity contribution in [1.29, 1.82) is 0 Å². The molecule has 0 unspecified atom stereocenters. The SMILES string of the molecule is c1ccc(-c2ccc(N(c3ccc(-c4ccccc4)cc3)c3ccc(-c4ccc(-c5cccc(-c6ccc7sc8ccc(-c9ccccc9)cc8c7c6)c5)cc4)cc3)cc2)cc1. The van der Waals surface area contributed by atoms with Gasteiger partial charge in [0, 0.05) is 37.2 Å². The van der Waals surface area contributed by atoms with E-state index >= 15 is 0 Å². The van der Waals surface area contributed by atoms with Crippen LogP contribution < -0.4 is 4.90 Å². The topological polar surface area (TPSA) is 3.24 Å². The van der Waals surface area contributed by atoms with E-state index < -0.39 is 0 Å². The van der Waals surface area contributed by atoms with Crippen molar-refractivity contribution in [2.24, 2.45) is 0 Å². The highest BCUT2D eigenvalue weighted by Gasteiger charge is 2.15. The molecule has 11 rings (SSSR count). The van der Waals surface area contributed by atoms with E-state index in [0.29, 0.717) is 0 Å². The lowest BCUT2D eigenvalue weighted by molar-refractivity contribution is 1.28. The lowest BCUT2D eigenvalue weighted by Gasteiger charge is -2.26. The van der Waals surface area contributed by atoms with E-state index in [1.807, 2.05) is 11.3 Å². The van der Waals surface area contributed by atoms with Crippen LogP contribution in [0.2, 0.25) is 0 Å². The van der Waals surface area contributed by atoms with Gasteiger partial charge in [-0.15, -0.1) is 11.3 Å². The third kappa shape index (κ3) is 7.38. The number of fused-ring (bicyclic) bond motifs is 3. The molecule has 10 aromatic carbocycles. The normalized spacial score (nSPS) is 11.2. The molecule has 1 heterocycles. The van der Waals surface area contributed by atoms with Crippen molar-refractivity contribution >= 4 is 48.6 Å². The monoisotopic (exact) mass is 807 g/mol. The Balaban J connectivity index is 0.865. The number of rotatable bonds is 9. The van der Waals surface area contributed by atoms with Gasteiger partial charge in [0.2, 0.25) is 0 Å². The Morgan fingerprint density at radius 1 is 0.210 bits per heavy atom. The van der Waals surface area contributed by atoms with E-state index in [-0.39, 0.29) is 0 Å². The van der Waals surface area contributed by atoms with Gasteiger partial charge < -0.3 is 4.90 Å². The summed E-state index contributed by atoms with van der Waals surface area (Å²) in [5.41, 5.74) is 17.9. The number of thiophene rings is 1. The zero-order valence-electron chi connectivity index (χ0n) is 34.0. The molecule has 0 saturated carbocycles. The second kappa shape index (κ2) is 16.3. The number of hydrogen-bond acceptors (Lipinski definition) is 2. The van der Waals surface area contributed by atoms with Gasteiger partial charge in [-0.25, -0.2) is 0 Å². The molecule has 0 amide bonds. The first-order valence-electron chi connectivity index (χ1n) is 21.1. The third-order valence-corrected chi connectivity index (χ3v) is 13.1. The second-order valence-corrected chi connectivity index (χ2v) is 16.8. The first-order valence-corrected chi connectivity index (χ1v) is 22.0. The van der Waals surface area contributed by atoms with Crippen LogP contribution >= 0.6 is 11.3 Å². The summed E-state index contributed by atoms with van der Waals surface area (Å²) in [6, 6.07) is 90.2. The first-order chi connectivity index (χ1) is 30.7. The highest BCUT2D eigenvalue weighted by Crippen LogP contribution is 2.40. The Morgan fingerprint density at radius 2 is 0.468 bits per heavy atom. The molecule has 0 aliphatic heterocycles. The van der Waals surface area contributed by atoms with Crippen LogP contribution in [0.5, 0.6) is 0 Å². The van der Waals surface area contributed by atoms with Crippen LogP contribution in [0.25, 0.3) is 86.9 Å². The van der Waals surface area contributed by atoms with Crippen molar-refractivity contribution in [3.8, 4) is 66.8 Å². The van der Waals surface area contributed by atoms with Crippen molar-refractivity contribution in [2.75, 3.05) is 4.90 Å². The van der Waals surface area contributed by atoms with E-state index in [2.05, 4.69) is 254 Å². The summed E-state index contributed by atoms with van der Waals surface area (Å²) in [5, 5.41) is 2.63. The van der Waals surface area contributed by atoms with Crippen molar-refractivity contribution in [2.45, 2.75) is 0 Å². The summed E-state index contributed by atoms with van der Waals surface area (Å²) in [5.74, 6) is 0. The Morgan fingerprint density at radius 3 is 0.871 bits per heavy atom. The molecular formula is C60H41NS. The molecule has 0 radical (unpaired) electrons. The standard InChI is InChI=1S/C60H41NS/c1-4-11-42(12-5-1)46-23-31-54(32-24-46)61(55-33-25-47(26-34-55)43-13-6-2-7-14-43)56-35-27-48(28-36-56)45-19-21-49(22-20-45)50-17-10-18-51(39-50)53-30-38-60-58(41-53)57-40-52(29-37-59(57)62-60)44-15-8-3-9-16-44/h1-41H. The van der Waals surface area contributed by atoms with Crippen molar-refractivity contribution in [1.82, 2.24) is 0 Å². The summed E-state index contributed by atoms with van der Waals surface area (Å²) >= 11 is 1.87.